The van der Waals surface area contributed by atoms with E-state index in [4.69, 9.17) is 11.6 Å². The van der Waals surface area contributed by atoms with Gasteiger partial charge < -0.3 is 4.90 Å². The smallest absolute Gasteiger partial charge is 0.173 e. The summed E-state index contributed by atoms with van der Waals surface area (Å²) in [5, 5.41) is 13.5. The minimum atomic E-state index is 0.0248. The Morgan fingerprint density at radius 1 is 0.964 bits per heavy atom. The molecule has 2 heterocycles. The molecule has 28 heavy (non-hydrogen) atoms. The summed E-state index contributed by atoms with van der Waals surface area (Å²) >= 11 is 6.13. The number of hydrogen-bond acceptors (Lipinski definition) is 5. The Morgan fingerprint density at radius 2 is 1.68 bits per heavy atom. The predicted octanol–water partition coefficient (Wildman–Crippen LogP) is 2.91. The monoisotopic (exact) mass is 396 g/mol. The van der Waals surface area contributed by atoms with Crippen LogP contribution in [0.2, 0.25) is 5.02 Å². The van der Waals surface area contributed by atoms with Crippen molar-refractivity contribution < 1.29 is 0 Å². The van der Waals surface area contributed by atoms with Crippen LogP contribution in [0.15, 0.2) is 54.6 Å². The molecule has 1 fully saturated rings. The van der Waals surface area contributed by atoms with Gasteiger partial charge in [-0.1, -0.05) is 54.1 Å². The lowest BCUT2D eigenvalue weighted by Gasteiger charge is -2.37. The molecule has 1 aromatic heterocycles. The fourth-order valence-corrected chi connectivity index (χ4v) is 3.82. The average molecular weight is 397 g/mol. The van der Waals surface area contributed by atoms with Gasteiger partial charge in [0.2, 0.25) is 0 Å². The molecule has 1 atom stereocenters. The Balaban J connectivity index is 1.61. The first kappa shape index (κ1) is 19.1. The molecule has 0 saturated carbocycles. The van der Waals surface area contributed by atoms with Crippen LogP contribution in [-0.4, -0.2) is 63.2 Å². The fraction of sp³-hybridized carbons (Fsp3) is 0.381. The fourth-order valence-electron chi connectivity index (χ4n) is 3.69. The first-order valence-electron chi connectivity index (χ1n) is 9.69. The molecule has 1 saturated heterocycles. The van der Waals surface area contributed by atoms with Crippen LogP contribution in [-0.2, 0) is 13.0 Å². The first-order chi connectivity index (χ1) is 13.7. The maximum absolute atomic E-state index is 6.13. The molecule has 1 aliphatic rings. The maximum Gasteiger partial charge on any atom is 0.173 e. The number of halogens is 1. The van der Waals surface area contributed by atoms with Crippen molar-refractivity contribution >= 4 is 11.6 Å². The van der Waals surface area contributed by atoms with E-state index in [0.717, 1.165) is 50.0 Å². The van der Waals surface area contributed by atoms with Crippen LogP contribution in [0.3, 0.4) is 0 Å². The van der Waals surface area contributed by atoms with E-state index in [1.54, 1.807) is 0 Å². The van der Waals surface area contributed by atoms with Gasteiger partial charge in [-0.3, -0.25) is 4.90 Å². The molecule has 2 aromatic carbocycles. The number of nitrogens with zero attached hydrogens (tertiary/aromatic N) is 6. The van der Waals surface area contributed by atoms with Crippen molar-refractivity contribution in [2.75, 3.05) is 33.2 Å². The van der Waals surface area contributed by atoms with E-state index < -0.39 is 0 Å². The second kappa shape index (κ2) is 8.82. The van der Waals surface area contributed by atoms with Gasteiger partial charge in [0.05, 0.1) is 6.04 Å². The Hall–Kier alpha value is -2.28. The number of piperazine rings is 1. The molecule has 0 amide bonds. The molecule has 3 aromatic rings. The van der Waals surface area contributed by atoms with Crippen LogP contribution >= 0.6 is 11.6 Å². The van der Waals surface area contributed by atoms with E-state index in [1.165, 1.54) is 11.1 Å². The molecule has 0 spiro atoms. The molecule has 0 aliphatic carbocycles. The summed E-state index contributed by atoms with van der Waals surface area (Å²) in [6.07, 6.45) is 0.898. The van der Waals surface area contributed by atoms with Gasteiger partial charge in [0.15, 0.2) is 5.82 Å². The number of aromatic nitrogens is 4. The Bertz CT molecular complexity index is 871. The van der Waals surface area contributed by atoms with Gasteiger partial charge in [0.1, 0.15) is 0 Å². The summed E-state index contributed by atoms with van der Waals surface area (Å²) in [5.74, 6) is 0.891. The second-order valence-electron chi connectivity index (χ2n) is 7.29. The van der Waals surface area contributed by atoms with Gasteiger partial charge in [0.25, 0.3) is 0 Å². The largest absolute Gasteiger partial charge is 0.304 e. The Kier molecular flexibility index (Phi) is 6.00. The highest BCUT2D eigenvalue weighted by atomic mass is 35.5. The maximum atomic E-state index is 6.13. The van der Waals surface area contributed by atoms with Crippen LogP contribution in [0.4, 0.5) is 0 Å². The standard InChI is InChI=1S/C21H25ClN6/c1-26-13-15-27(16-14-26)20(18-7-9-19(22)10-8-18)21-23-24-25-28(21)12-11-17-5-3-2-4-6-17/h2-10,20H,11-16H2,1H3/t20-/m1/s1. The van der Waals surface area contributed by atoms with Crippen LogP contribution in [0.25, 0.3) is 0 Å². The lowest BCUT2D eigenvalue weighted by Crippen LogP contribution is -2.46. The number of benzene rings is 2. The van der Waals surface area contributed by atoms with Gasteiger partial charge >= 0.3 is 0 Å². The van der Waals surface area contributed by atoms with Crippen molar-refractivity contribution in [3.63, 3.8) is 0 Å². The van der Waals surface area contributed by atoms with E-state index in [-0.39, 0.29) is 6.04 Å². The molecule has 7 heteroatoms. The molecule has 0 radical (unpaired) electrons. The van der Waals surface area contributed by atoms with E-state index in [1.807, 2.05) is 22.9 Å². The van der Waals surface area contributed by atoms with E-state index in [2.05, 4.69) is 68.8 Å². The minimum absolute atomic E-state index is 0.0248. The minimum Gasteiger partial charge on any atom is -0.304 e. The molecule has 4 rings (SSSR count). The number of likely N-dealkylation sites (N-methyl/N-ethyl adjacent to an activating group) is 1. The highest BCUT2D eigenvalue weighted by molar-refractivity contribution is 6.30. The summed E-state index contributed by atoms with van der Waals surface area (Å²) in [4.78, 5) is 4.82. The third kappa shape index (κ3) is 4.41. The third-order valence-electron chi connectivity index (χ3n) is 5.35. The Labute approximate surface area is 170 Å². The van der Waals surface area contributed by atoms with Crippen molar-refractivity contribution in [2.45, 2.75) is 19.0 Å². The highest BCUT2D eigenvalue weighted by Crippen LogP contribution is 2.29. The second-order valence-corrected chi connectivity index (χ2v) is 7.73. The predicted molar refractivity (Wildman–Crippen MR) is 110 cm³/mol. The zero-order valence-corrected chi connectivity index (χ0v) is 16.8. The molecule has 146 valence electrons. The molecule has 6 nitrogen and oxygen atoms in total. The molecule has 0 N–H and O–H groups in total. The molecular formula is C21H25ClN6. The molecule has 0 unspecified atom stereocenters. The van der Waals surface area contributed by atoms with Crippen LogP contribution in [0.5, 0.6) is 0 Å². The number of aryl methyl sites for hydroxylation is 2. The highest BCUT2D eigenvalue weighted by Gasteiger charge is 2.29. The van der Waals surface area contributed by atoms with Crippen molar-refractivity contribution in [1.29, 1.82) is 0 Å². The van der Waals surface area contributed by atoms with Crippen molar-refractivity contribution in [1.82, 2.24) is 30.0 Å². The summed E-state index contributed by atoms with van der Waals surface area (Å²) in [5.41, 5.74) is 2.45. The van der Waals surface area contributed by atoms with Crippen molar-refractivity contribution in [2.24, 2.45) is 0 Å². The first-order valence-corrected chi connectivity index (χ1v) is 10.1. The summed E-state index contributed by atoms with van der Waals surface area (Å²) < 4.78 is 1.95. The number of hydrogen-bond donors (Lipinski definition) is 0. The summed E-state index contributed by atoms with van der Waals surface area (Å²) in [6, 6.07) is 18.5. The van der Waals surface area contributed by atoms with Gasteiger partial charge in [-0.25, -0.2) is 4.68 Å². The normalized spacial score (nSPS) is 16.9. The average Bonchev–Trinajstić information content (AvgIpc) is 3.18. The lowest BCUT2D eigenvalue weighted by molar-refractivity contribution is 0.121. The van der Waals surface area contributed by atoms with Gasteiger partial charge in [0, 0.05) is 37.7 Å². The van der Waals surface area contributed by atoms with Crippen molar-refractivity contribution in [3.8, 4) is 0 Å². The van der Waals surface area contributed by atoms with E-state index in [9.17, 15) is 0 Å². The van der Waals surface area contributed by atoms with Crippen LogP contribution in [0.1, 0.15) is 23.0 Å². The quantitative estimate of drug-likeness (QED) is 0.641. The lowest BCUT2D eigenvalue weighted by atomic mass is 10.0. The molecular weight excluding hydrogens is 372 g/mol. The van der Waals surface area contributed by atoms with E-state index >= 15 is 0 Å². The van der Waals surface area contributed by atoms with Gasteiger partial charge in [-0.15, -0.1) is 5.10 Å². The van der Waals surface area contributed by atoms with Gasteiger partial charge in [-0.05, 0) is 47.2 Å². The topological polar surface area (TPSA) is 50.1 Å². The molecule has 0 bridgehead atoms. The van der Waals surface area contributed by atoms with Crippen LogP contribution in [0, 0.1) is 0 Å². The van der Waals surface area contributed by atoms with Crippen LogP contribution < -0.4 is 0 Å². The molecule has 1 aliphatic heterocycles. The Morgan fingerprint density at radius 3 is 2.39 bits per heavy atom. The zero-order chi connectivity index (χ0) is 19.3. The zero-order valence-electron chi connectivity index (χ0n) is 16.1. The van der Waals surface area contributed by atoms with Gasteiger partial charge in [-0.2, -0.15) is 0 Å². The van der Waals surface area contributed by atoms with E-state index in [0.29, 0.717) is 0 Å². The summed E-state index contributed by atoms with van der Waals surface area (Å²) in [6.45, 7) is 4.79. The summed E-state index contributed by atoms with van der Waals surface area (Å²) in [7, 11) is 2.17. The SMILES string of the molecule is CN1CCN([C@H](c2ccc(Cl)cc2)c2nnnn2CCc2ccccc2)CC1. The number of tetrazole rings is 1. The third-order valence-corrected chi connectivity index (χ3v) is 5.60. The number of rotatable bonds is 6. The van der Waals surface area contributed by atoms with Crippen molar-refractivity contribution in [3.05, 3.63) is 76.6 Å².